The van der Waals surface area contributed by atoms with Crippen molar-refractivity contribution in [3.63, 3.8) is 0 Å². The zero-order chi connectivity index (χ0) is 12.7. The highest BCUT2D eigenvalue weighted by molar-refractivity contribution is 6.33. The standard InChI is InChI=1S/C12H10ClN5/c13-9-5-11-16-12(17-18(11)6-10(9)15)7-1-3-8(14)4-2-7/h1-6H,14-15H2. The van der Waals surface area contributed by atoms with Gasteiger partial charge in [-0.05, 0) is 24.3 Å². The number of benzene rings is 1. The second kappa shape index (κ2) is 3.89. The number of pyridine rings is 1. The number of nitrogen functional groups attached to an aromatic ring is 2. The molecule has 2 heterocycles. The van der Waals surface area contributed by atoms with E-state index in [1.165, 1.54) is 0 Å². The summed E-state index contributed by atoms with van der Waals surface area (Å²) in [7, 11) is 0. The van der Waals surface area contributed by atoms with E-state index < -0.39 is 0 Å². The van der Waals surface area contributed by atoms with Crippen LogP contribution < -0.4 is 11.5 Å². The van der Waals surface area contributed by atoms with Gasteiger partial charge in [0.05, 0.1) is 16.9 Å². The summed E-state index contributed by atoms with van der Waals surface area (Å²) in [6, 6.07) is 9.04. The fraction of sp³-hybridized carbons (Fsp3) is 0. The summed E-state index contributed by atoms with van der Waals surface area (Å²) in [4.78, 5) is 4.39. The van der Waals surface area contributed by atoms with Crippen molar-refractivity contribution in [2.45, 2.75) is 0 Å². The summed E-state index contributed by atoms with van der Waals surface area (Å²) in [6.45, 7) is 0. The molecule has 0 aliphatic heterocycles. The normalized spacial score (nSPS) is 10.9. The van der Waals surface area contributed by atoms with Gasteiger partial charge < -0.3 is 11.5 Å². The van der Waals surface area contributed by atoms with Gasteiger partial charge in [0.25, 0.3) is 0 Å². The molecular formula is C12H10ClN5. The first kappa shape index (κ1) is 10.9. The Labute approximate surface area is 108 Å². The molecule has 1 aromatic carbocycles. The first-order valence-electron chi connectivity index (χ1n) is 5.31. The molecule has 0 bridgehead atoms. The zero-order valence-electron chi connectivity index (χ0n) is 9.34. The van der Waals surface area contributed by atoms with E-state index in [0.29, 0.717) is 27.9 Å². The van der Waals surface area contributed by atoms with Crippen LogP contribution in [0, 0.1) is 0 Å². The predicted octanol–water partition coefficient (Wildman–Crippen LogP) is 2.21. The van der Waals surface area contributed by atoms with Gasteiger partial charge in [0, 0.05) is 17.3 Å². The average Bonchev–Trinajstić information content (AvgIpc) is 2.73. The molecule has 90 valence electrons. The van der Waals surface area contributed by atoms with E-state index in [2.05, 4.69) is 10.1 Å². The molecule has 6 heteroatoms. The molecule has 3 aromatic rings. The van der Waals surface area contributed by atoms with Crippen molar-refractivity contribution < 1.29 is 0 Å². The van der Waals surface area contributed by atoms with Crippen LogP contribution in [0.4, 0.5) is 11.4 Å². The van der Waals surface area contributed by atoms with Crippen LogP contribution in [0.1, 0.15) is 0 Å². The number of hydrogen-bond donors (Lipinski definition) is 2. The second-order valence-corrected chi connectivity index (χ2v) is 4.34. The third-order valence-electron chi connectivity index (χ3n) is 2.62. The fourth-order valence-corrected chi connectivity index (χ4v) is 1.82. The number of nitrogens with zero attached hydrogens (tertiary/aromatic N) is 3. The Morgan fingerprint density at radius 1 is 1.11 bits per heavy atom. The van der Waals surface area contributed by atoms with Crippen LogP contribution in [0.5, 0.6) is 0 Å². The molecule has 0 radical (unpaired) electrons. The lowest BCUT2D eigenvalue weighted by atomic mass is 10.2. The van der Waals surface area contributed by atoms with Crippen LogP contribution in [0.15, 0.2) is 36.5 Å². The van der Waals surface area contributed by atoms with E-state index in [0.717, 1.165) is 5.56 Å². The summed E-state index contributed by atoms with van der Waals surface area (Å²) < 4.78 is 1.60. The van der Waals surface area contributed by atoms with Gasteiger partial charge in [-0.25, -0.2) is 9.50 Å². The molecule has 0 atom stereocenters. The molecule has 5 nitrogen and oxygen atoms in total. The summed E-state index contributed by atoms with van der Waals surface area (Å²) in [5.41, 5.74) is 14.1. The van der Waals surface area contributed by atoms with Crippen LogP contribution in [0.2, 0.25) is 5.02 Å². The smallest absolute Gasteiger partial charge is 0.182 e. The fourth-order valence-electron chi connectivity index (χ4n) is 1.67. The highest BCUT2D eigenvalue weighted by Gasteiger charge is 2.08. The van der Waals surface area contributed by atoms with Gasteiger partial charge in [0.2, 0.25) is 0 Å². The molecule has 4 N–H and O–H groups in total. The molecule has 3 rings (SSSR count). The number of halogens is 1. The molecule has 18 heavy (non-hydrogen) atoms. The predicted molar refractivity (Wildman–Crippen MR) is 72.3 cm³/mol. The average molecular weight is 260 g/mol. The highest BCUT2D eigenvalue weighted by atomic mass is 35.5. The number of nitrogens with two attached hydrogens (primary N) is 2. The van der Waals surface area contributed by atoms with Crippen LogP contribution in [-0.4, -0.2) is 14.6 Å². The molecular weight excluding hydrogens is 250 g/mol. The van der Waals surface area contributed by atoms with E-state index in [-0.39, 0.29) is 0 Å². The van der Waals surface area contributed by atoms with Gasteiger partial charge in [0.15, 0.2) is 11.5 Å². The van der Waals surface area contributed by atoms with E-state index in [1.807, 2.05) is 24.3 Å². The maximum atomic E-state index is 5.94. The number of aromatic nitrogens is 3. The van der Waals surface area contributed by atoms with Crippen LogP contribution >= 0.6 is 11.6 Å². The molecule has 0 unspecified atom stereocenters. The van der Waals surface area contributed by atoms with Crippen molar-refractivity contribution in [3.05, 3.63) is 41.6 Å². The molecule has 2 aromatic heterocycles. The van der Waals surface area contributed by atoms with Gasteiger partial charge >= 0.3 is 0 Å². The summed E-state index contributed by atoms with van der Waals surface area (Å²) in [5.74, 6) is 0.608. The number of anilines is 2. The van der Waals surface area contributed by atoms with Gasteiger partial charge in [-0.15, -0.1) is 5.10 Å². The van der Waals surface area contributed by atoms with E-state index >= 15 is 0 Å². The SMILES string of the molecule is Nc1ccc(-c2nc3cc(Cl)c(N)cn3n2)cc1. The van der Waals surface area contributed by atoms with Crippen molar-refractivity contribution >= 4 is 28.6 Å². The maximum absolute atomic E-state index is 5.94. The number of fused-ring (bicyclic) bond motifs is 1. The molecule has 0 saturated heterocycles. The number of hydrogen-bond acceptors (Lipinski definition) is 4. The molecule has 0 amide bonds. The van der Waals surface area contributed by atoms with Crippen LogP contribution in [-0.2, 0) is 0 Å². The lowest BCUT2D eigenvalue weighted by Crippen LogP contribution is -1.93. The largest absolute Gasteiger partial charge is 0.399 e. The molecule has 0 fully saturated rings. The first-order chi connectivity index (χ1) is 8.63. The van der Waals surface area contributed by atoms with Gasteiger partial charge in [-0.3, -0.25) is 0 Å². The molecule has 0 aliphatic rings. The third kappa shape index (κ3) is 1.74. The monoisotopic (exact) mass is 259 g/mol. The Morgan fingerprint density at radius 3 is 2.56 bits per heavy atom. The quantitative estimate of drug-likeness (QED) is 0.657. The first-order valence-corrected chi connectivity index (χ1v) is 5.68. The lowest BCUT2D eigenvalue weighted by molar-refractivity contribution is 0.968. The topological polar surface area (TPSA) is 82.2 Å². The zero-order valence-corrected chi connectivity index (χ0v) is 10.1. The van der Waals surface area contributed by atoms with Crippen LogP contribution in [0.25, 0.3) is 17.0 Å². The Kier molecular flexibility index (Phi) is 2.34. The van der Waals surface area contributed by atoms with Gasteiger partial charge in [-0.2, -0.15) is 0 Å². The van der Waals surface area contributed by atoms with Crippen molar-refractivity contribution in [2.24, 2.45) is 0 Å². The Bertz CT molecular complexity index is 678. The highest BCUT2D eigenvalue weighted by Crippen LogP contribution is 2.22. The Balaban J connectivity index is 2.16. The maximum Gasteiger partial charge on any atom is 0.182 e. The van der Waals surface area contributed by atoms with Crippen molar-refractivity contribution in [1.82, 2.24) is 14.6 Å². The van der Waals surface area contributed by atoms with E-state index in [9.17, 15) is 0 Å². The summed E-state index contributed by atoms with van der Waals surface area (Å²) in [5, 5.41) is 4.81. The van der Waals surface area contributed by atoms with E-state index in [1.54, 1.807) is 16.8 Å². The van der Waals surface area contributed by atoms with Crippen molar-refractivity contribution in [2.75, 3.05) is 11.5 Å². The summed E-state index contributed by atoms with van der Waals surface area (Å²) >= 11 is 5.94. The minimum Gasteiger partial charge on any atom is -0.399 e. The molecule has 0 saturated carbocycles. The Morgan fingerprint density at radius 2 is 1.83 bits per heavy atom. The molecule has 0 spiro atoms. The Hall–Kier alpha value is -2.27. The van der Waals surface area contributed by atoms with Crippen molar-refractivity contribution in [3.8, 4) is 11.4 Å². The van der Waals surface area contributed by atoms with E-state index in [4.69, 9.17) is 23.1 Å². The second-order valence-electron chi connectivity index (χ2n) is 3.94. The third-order valence-corrected chi connectivity index (χ3v) is 2.95. The van der Waals surface area contributed by atoms with Crippen molar-refractivity contribution in [1.29, 1.82) is 0 Å². The van der Waals surface area contributed by atoms with Gasteiger partial charge in [0.1, 0.15) is 0 Å². The minimum absolute atomic E-state index is 0.470. The molecule has 0 aliphatic carbocycles. The van der Waals surface area contributed by atoms with Crippen LogP contribution in [0.3, 0.4) is 0 Å². The summed E-state index contributed by atoms with van der Waals surface area (Å²) in [6.07, 6.45) is 1.64. The minimum atomic E-state index is 0.470. The number of rotatable bonds is 1. The van der Waals surface area contributed by atoms with Gasteiger partial charge in [-0.1, -0.05) is 11.6 Å². The lowest BCUT2D eigenvalue weighted by Gasteiger charge is -1.96.